The SMILES string of the molecule is COC(=O)[C@H]1C[C@@H](C=O)[C@@]2(CO)[C@H]1[C@@H](OC)O[C@@H]1CO[C@@H](c3ccccc3)O[C@H]12. The average Bonchev–Trinajstić information content (AvgIpc) is 3.14. The quantitative estimate of drug-likeness (QED) is 0.573. The molecule has 1 aromatic carbocycles. The lowest BCUT2D eigenvalue weighted by molar-refractivity contribution is -0.368. The minimum Gasteiger partial charge on any atom is -0.469 e. The number of hydrogen-bond donors (Lipinski definition) is 1. The molecular weight excluding hydrogens is 380 g/mol. The van der Waals surface area contributed by atoms with Gasteiger partial charge in [0.05, 0.1) is 32.3 Å². The first-order valence-electron chi connectivity index (χ1n) is 9.75. The number of carbonyl (C=O) groups excluding carboxylic acids is 2. The number of aliphatic hydroxyl groups excluding tert-OH is 1. The number of ether oxygens (including phenoxy) is 5. The predicted octanol–water partition coefficient (Wildman–Crippen LogP) is 1.07. The second-order valence-electron chi connectivity index (χ2n) is 7.82. The van der Waals surface area contributed by atoms with E-state index in [-0.39, 0.29) is 19.6 Å². The number of hydrogen-bond acceptors (Lipinski definition) is 8. The predicted molar refractivity (Wildman–Crippen MR) is 98.4 cm³/mol. The van der Waals surface area contributed by atoms with Gasteiger partial charge in [0.15, 0.2) is 12.6 Å². The van der Waals surface area contributed by atoms with Crippen molar-refractivity contribution in [2.24, 2.45) is 23.2 Å². The van der Waals surface area contributed by atoms with Crippen molar-refractivity contribution < 1.29 is 38.4 Å². The summed E-state index contributed by atoms with van der Waals surface area (Å²) in [6, 6.07) is 9.44. The third kappa shape index (κ3) is 3.10. The molecule has 8 nitrogen and oxygen atoms in total. The Morgan fingerprint density at radius 2 is 2.03 bits per heavy atom. The zero-order valence-corrected chi connectivity index (χ0v) is 16.4. The molecule has 2 heterocycles. The molecule has 29 heavy (non-hydrogen) atoms. The summed E-state index contributed by atoms with van der Waals surface area (Å²) in [6.45, 7) is -0.131. The molecule has 1 N–H and O–H groups in total. The van der Waals surface area contributed by atoms with Crippen molar-refractivity contribution in [3.05, 3.63) is 35.9 Å². The first-order valence-corrected chi connectivity index (χ1v) is 9.75. The van der Waals surface area contributed by atoms with Crippen LogP contribution in [0.15, 0.2) is 30.3 Å². The minimum absolute atomic E-state index is 0.215. The van der Waals surface area contributed by atoms with Crippen LogP contribution in [0.25, 0.3) is 0 Å². The molecule has 0 amide bonds. The second kappa shape index (κ2) is 8.12. The number of benzene rings is 1. The van der Waals surface area contributed by atoms with E-state index in [1.54, 1.807) is 0 Å². The van der Waals surface area contributed by atoms with Crippen molar-refractivity contribution in [3.63, 3.8) is 0 Å². The van der Waals surface area contributed by atoms with Crippen molar-refractivity contribution >= 4 is 12.3 Å². The lowest BCUT2D eigenvalue weighted by Crippen LogP contribution is -2.65. The molecule has 8 atom stereocenters. The van der Waals surface area contributed by atoms with Crippen LogP contribution in [0.4, 0.5) is 0 Å². The summed E-state index contributed by atoms with van der Waals surface area (Å²) in [5.74, 6) is -2.29. The van der Waals surface area contributed by atoms with E-state index in [9.17, 15) is 14.7 Å². The summed E-state index contributed by atoms with van der Waals surface area (Å²) in [6.07, 6.45) is -1.59. The van der Waals surface area contributed by atoms with Crippen LogP contribution in [-0.4, -0.2) is 63.3 Å². The van der Waals surface area contributed by atoms with Gasteiger partial charge in [-0.1, -0.05) is 30.3 Å². The fraction of sp³-hybridized carbons (Fsp3) is 0.619. The number of aliphatic hydroxyl groups is 1. The summed E-state index contributed by atoms with van der Waals surface area (Å²) in [5.41, 5.74) is -0.212. The van der Waals surface area contributed by atoms with Gasteiger partial charge < -0.3 is 33.6 Å². The van der Waals surface area contributed by atoms with Gasteiger partial charge in [0.25, 0.3) is 0 Å². The summed E-state index contributed by atoms with van der Waals surface area (Å²) < 4.78 is 28.8. The monoisotopic (exact) mass is 406 g/mol. The largest absolute Gasteiger partial charge is 0.469 e. The number of carbonyl (C=O) groups is 2. The van der Waals surface area contributed by atoms with Crippen LogP contribution in [0.1, 0.15) is 18.3 Å². The lowest BCUT2D eigenvalue weighted by atomic mass is 9.64. The molecule has 8 heteroatoms. The highest BCUT2D eigenvalue weighted by molar-refractivity contribution is 5.75. The molecule has 3 fully saturated rings. The van der Waals surface area contributed by atoms with Crippen LogP contribution in [0.3, 0.4) is 0 Å². The molecular formula is C21H26O8. The Bertz CT molecular complexity index is 739. The molecule has 4 rings (SSSR count). The number of fused-ring (bicyclic) bond motifs is 3. The normalized spacial score (nSPS) is 41.3. The van der Waals surface area contributed by atoms with Crippen LogP contribution in [0.2, 0.25) is 0 Å². The first-order chi connectivity index (χ1) is 14.1. The highest BCUT2D eigenvalue weighted by atomic mass is 16.7. The summed E-state index contributed by atoms with van der Waals surface area (Å²) in [5, 5.41) is 10.6. The Labute approximate surface area is 169 Å². The Morgan fingerprint density at radius 3 is 2.66 bits per heavy atom. The third-order valence-electron chi connectivity index (χ3n) is 6.65. The van der Waals surface area contributed by atoms with Gasteiger partial charge in [0.2, 0.25) is 0 Å². The van der Waals surface area contributed by atoms with Crippen molar-refractivity contribution in [2.75, 3.05) is 27.4 Å². The van der Waals surface area contributed by atoms with Gasteiger partial charge >= 0.3 is 5.97 Å². The molecule has 0 radical (unpaired) electrons. The smallest absolute Gasteiger partial charge is 0.309 e. The van der Waals surface area contributed by atoms with Gasteiger partial charge in [-0.2, -0.15) is 0 Å². The maximum atomic E-state index is 12.5. The molecule has 1 aromatic rings. The molecule has 0 aromatic heterocycles. The minimum atomic E-state index is -1.04. The maximum Gasteiger partial charge on any atom is 0.309 e. The van der Waals surface area contributed by atoms with Crippen molar-refractivity contribution in [3.8, 4) is 0 Å². The van der Waals surface area contributed by atoms with E-state index in [0.29, 0.717) is 0 Å². The summed E-state index contributed by atoms with van der Waals surface area (Å²) in [4.78, 5) is 24.6. The van der Waals surface area contributed by atoms with Crippen LogP contribution in [-0.2, 0) is 33.3 Å². The van der Waals surface area contributed by atoms with E-state index in [1.165, 1.54) is 14.2 Å². The van der Waals surface area contributed by atoms with E-state index in [1.807, 2.05) is 30.3 Å². The van der Waals surface area contributed by atoms with E-state index in [2.05, 4.69) is 0 Å². The maximum absolute atomic E-state index is 12.5. The Hall–Kier alpha value is -1.84. The Morgan fingerprint density at radius 1 is 1.28 bits per heavy atom. The van der Waals surface area contributed by atoms with Gasteiger partial charge in [-0.25, -0.2) is 0 Å². The van der Waals surface area contributed by atoms with Crippen molar-refractivity contribution in [1.82, 2.24) is 0 Å². The molecule has 0 bridgehead atoms. The summed E-state index contributed by atoms with van der Waals surface area (Å²) in [7, 11) is 2.79. The van der Waals surface area contributed by atoms with Gasteiger partial charge in [-0.15, -0.1) is 0 Å². The standard InChI is InChI=1S/C21H26O8/c1-25-18(24)14-8-13(9-22)21(11-23)16(14)20(26-2)28-15-10-27-19(29-17(15)21)12-6-4-3-5-7-12/h3-7,9,13-17,19-20,23H,8,10-11H2,1-2H3/t13-,14-,15+,16+,17+,19+,20-,21-/m0/s1. The van der Waals surface area contributed by atoms with E-state index < -0.39 is 53.9 Å². The highest BCUT2D eigenvalue weighted by Gasteiger charge is 2.69. The molecule has 158 valence electrons. The van der Waals surface area contributed by atoms with Gasteiger partial charge in [-0.05, 0) is 6.42 Å². The fourth-order valence-corrected chi connectivity index (χ4v) is 5.35. The van der Waals surface area contributed by atoms with Crippen LogP contribution in [0, 0.1) is 23.2 Å². The topological polar surface area (TPSA) is 101 Å². The Balaban J connectivity index is 1.75. The van der Waals surface area contributed by atoms with Crippen LogP contribution < -0.4 is 0 Å². The third-order valence-corrected chi connectivity index (χ3v) is 6.65. The zero-order chi connectivity index (χ0) is 20.6. The van der Waals surface area contributed by atoms with Crippen LogP contribution in [0.5, 0.6) is 0 Å². The average molecular weight is 406 g/mol. The number of esters is 1. The number of methoxy groups -OCH3 is 2. The first kappa shape index (κ1) is 20.4. The van der Waals surface area contributed by atoms with Crippen molar-refractivity contribution in [1.29, 1.82) is 0 Å². The van der Waals surface area contributed by atoms with E-state index in [4.69, 9.17) is 23.7 Å². The van der Waals surface area contributed by atoms with Crippen molar-refractivity contribution in [2.45, 2.75) is 31.2 Å². The van der Waals surface area contributed by atoms with Gasteiger partial charge in [0.1, 0.15) is 12.4 Å². The number of aldehydes is 1. The van der Waals surface area contributed by atoms with Crippen LogP contribution >= 0.6 is 0 Å². The van der Waals surface area contributed by atoms with E-state index >= 15 is 0 Å². The molecule has 0 unspecified atom stereocenters. The fourth-order valence-electron chi connectivity index (χ4n) is 5.35. The second-order valence-corrected chi connectivity index (χ2v) is 7.82. The summed E-state index contributed by atoms with van der Waals surface area (Å²) >= 11 is 0. The molecule has 1 saturated carbocycles. The molecule has 2 aliphatic heterocycles. The Kier molecular flexibility index (Phi) is 5.72. The number of rotatable bonds is 5. The zero-order valence-electron chi connectivity index (χ0n) is 16.4. The van der Waals surface area contributed by atoms with E-state index in [0.717, 1.165) is 11.8 Å². The molecule has 3 aliphatic rings. The molecule has 0 spiro atoms. The molecule has 1 aliphatic carbocycles. The van der Waals surface area contributed by atoms with Gasteiger partial charge in [0, 0.05) is 29.9 Å². The molecule has 2 saturated heterocycles. The highest BCUT2D eigenvalue weighted by Crippen LogP contribution is 2.60. The lowest BCUT2D eigenvalue weighted by Gasteiger charge is -2.55. The van der Waals surface area contributed by atoms with Gasteiger partial charge in [-0.3, -0.25) is 4.79 Å².